The molecule has 5 nitrogen and oxygen atoms in total. The van der Waals surface area contributed by atoms with Crippen LogP contribution in [-0.4, -0.2) is 49.6 Å². The van der Waals surface area contributed by atoms with Crippen LogP contribution in [0.3, 0.4) is 0 Å². The van der Waals surface area contributed by atoms with Crippen LogP contribution in [0.25, 0.3) is 5.70 Å². The molecule has 0 fully saturated rings. The predicted molar refractivity (Wildman–Crippen MR) is 112 cm³/mol. The molecule has 0 amide bonds. The van der Waals surface area contributed by atoms with Crippen LogP contribution in [-0.2, 0) is 10.8 Å². The van der Waals surface area contributed by atoms with Crippen molar-refractivity contribution in [1.29, 1.82) is 0 Å². The normalized spacial score (nSPS) is 19.1. The van der Waals surface area contributed by atoms with Gasteiger partial charge in [-0.2, -0.15) is 30.9 Å². The molecule has 2 heterocycles. The van der Waals surface area contributed by atoms with Crippen molar-refractivity contribution in [2.75, 3.05) is 23.0 Å². The molecule has 1 aliphatic heterocycles. The fourth-order valence-corrected chi connectivity index (χ4v) is 4.72. The maximum Gasteiger partial charge on any atom is 0.390 e. The number of dihydropyridines is 1. The molecule has 158 valence electrons. The topological polar surface area (TPSA) is 50.2 Å². The van der Waals surface area contributed by atoms with Crippen molar-refractivity contribution in [2.45, 2.75) is 51.2 Å². The van der Waals surface area contributed by atoms with Crippen LogP contribution in [0, 0.1) is 6.92 Å². The van der Waals surface area contributed by atoms with Crippen LogP contribution in [0.1, 0.15) is 32.4 Å². The first-order chi connectivity index (χ1) is 13.1. The summed E-state index contributed by atoms with van der Waals surface area (Å²) < 4.78 is 50.5. The van der Waals surface area contributed by atoms with E-state index in [0.29, 0.717) is 13.0 Å². The summed E-state index contributed by atoms with van der Waals surface area (Å²) >= 11 is 4.61. The lowest BCUT2D eigenvalue weighted by molar-refractivity contribution is -0.129. The highest BCUT2D eigenvalue weighted by Crippen LogP contribution is 2.27. The highest BCUT2D eigenvalue weighted by molar-refractivity contribution is 7.85. The van der Waals surface area contributed by atoms with Gasteiger partial charge >= 0.3 is 6.18 Å². The van der Waals surface area contributed by atoms with E-state index in [4.69, 9.17) is 0 Å². The van der Waals surface area contributed by atoms with Gasteiger partial charge in [0, 0.05) is 28.9 Å². The smallest absolute Gasteiger partial charge is 0.383 e. The minimum atomic E-state index is -4.27. The molecule has 0 spiro atoms. The van der Waals surface area contributed by atoms with E-state index in [1.54, 1.807) is 0 Å². The molecule has 1 N–H and O–H groups in total. The first-order valence-electron chi connectivity index (χ1n) is 9.18. The summed E-state index contributed by atoms with van der Waals surface area (Å²) in [5.41, 5.74) is 2.75. The van der Waals surface area contributed by atoms with Gasteiger partial charge in [0.1, 0.15) is 0 Å². The van der Waals surface area contributed by atoms with Crippen LogP contribution < -0.4 is 10.2 Å². The van der Waals surface area contributed by atoms with Crippen molar-refractivity contribution in [2.24, 2.45) is 0 Å². The third-order valence-electron chi connectivity index (χ3n) is 4.52. The number of aromatic nitrogens is 2. The third kappa shape index (κ3) is 6.30. The third-order valence-corrected chi connectivity index (χ3v) is 6.40. The zero-order valence-electron chi connectivity index (χ0n) is 16.2. The largest absolute Gasteiger partial charge is 0.390 e. The Bertz CT molecular complexity index is 746. The van der Waals surface area contributed by atoms with Crippen molar-refractivity contribution in [3.8, 4) is 0 Å². The SMILES string of the molecule is CCN(c1cn(C2=CC=CNC2C)nc1C)C(S)CCS(=O)CCC(F)(F)F. The zero-order chi connectivity index (χ0) is 20.9. The molecular formula is C18H27F3N4OS2. The molecule has 0 bridgehead atoms. The number of nitrogens with zero attached hydrogens (tertiary/aromatic N) is 3. The fraction of sp³-hybridized carbons (Fsp3) is 0.611. The number of allylic oxidation sites excluding steroid dienone is 2. The average Bonchev–Trinajstić information content (AvgIpc) is 3.00. The molecule has 0 saturated carbocycles. The monoisotopic (exact) mass is 436 g/mol. The van der Waals surface area contributed by atoms with Gasteiger partial charge < -0.3 is 10.2 Å². The van der Waals surface area contributed by atoms with E-state index in [9.17, 15) is 17.4 Å². The van der Waals surface area contributed by atoms with Gasteiger partial charge in [-0.1, -0.05) is 0 Å². The summed E-state index contributed by atoms with van der Waals surface area (Å²) in [6, 6.07) is 0.120. The summed E-state index contributed by atoms with van der Waals surface area (Å²) in [4.78, 5) is 2.03. The van der Waals surface area contributed by atoms with E-state index >= 15 is 0 Å². The van der Waals surface area contributed by atoms with Crippen LogP contribution in [0.15, 0.2) is 24.5 Å². The molecule has 0 aromatic carbocycles. The molecule has 1 aromatic heterocycles. The van der Waals surface area contributed by atoms with Gasteiger partial charge in [-0.05, 0) is 45.5 Å². The highest BCUT2D eigenvalue weighted by Gasteiger charge is 2.28. The second-order valence-corrected chi connectivity index (χ2v) is 8.94. The van der Waals surface area contributed by atoms with Crippen molar-refractivity contribution in [3.05, 3.63) is 30.2 Å². The Morgan fingerprint density at radius 2 is 2.14 bits per heavy atom. The average molecular weight is 437 g/mol. The number of nitrogens with one attached hydrogen (secondary N) is 1. The first-order valence-corrected chi connectivity index (χ1v) is 11.2. The number of hydrogen-bond donors (Lipinski definition) is 2. The first kappa shape index (κ1) is 22.9. The highest BCUT2D eigenvalue weighted by atomic mass is 32.2. The minimum absolute atomic E-state index is 0.120. The van der Waals surface area contributed by atoms with Gasteiger partial charge in [-0.25, -0.2) is 4.68 Å². The van der Waals surface area contributed by atoms with Crippen LogP contribution in [0.5, 0.6) is 0 Å². The Morgan fingerprint density at radius 3 is 2.75 bits per heavy atom. The number of rotatable bonds is 9. The Hall–Kier alpha value is -1.42. The van der Waals surface area contributed by atoms with Gasteiger partial charge in [0.2, 0.25) is 0 Å². The van der Waals surface area contributed by atoms with Crippen molar-refractivity contribution < 1.29 is 17.4 Å². The van der Waals surface area contributed by atoms with E-state index in [2.05, 4.69) is 23.0 Å². The number of aryl methyl sites for hydroxylation is 1. The van der Waals surface area contributed by atoms with Crippen LogP contribution in [0.2, 0.25) is 0 Å². The molecule has 10 heteroatoms. The van der Waals surface area contributed by atoms with Gasteiger partial charge in [-0.3, -0.25) is 4.21 Å². The number of anilines is 1. The molecular weight excluding hydrogens is 409 g/mol. The molecule has 3 atom stereocenters. The zero-order valence-corrected chi connectivity index (χ0v) is 17.9. The number of thiol groups is 1. The van der Waals surface area contributed by atoms with Gasteiger partial charge in [0.15, 0.2) is 0 Å². The van der Waals surface area contributed by atoms with Gasteiger partial charge in [0.05, 0.1) is 41.1 Å². The Balaban J connectivity index is 2.03. The molecule has 0 saturated heterocycles. The maximum atomic E-state index is 12.3. The number of hydrogen-bond acceptors (Lipinski definition) is 5. The molecule has 28 heavy (non-hydrogen) atoms. The number of alkyl halides is 3. The predicted octanol–water partition coefficient (Wildman–Crippen LogP) is 3.71. The van der Waals surface area contributed by atoms with E-state index in [0.717, 1.165) is 17.1 Å². The van der Waals surface area contributed by atoms with Crippen molar-refractivity contribution >= 4 is 34.8 Å². The second kappa shape index (κ2) is 9.87. The van der Waals surface area contributed by atoms with Gasteiger partial charge in [-0.15, -0.1) is 0 Å². The summed E-state index contributed by atoms with van der Waals surface area (Å²) in [6.07, 6.45) is 2.87. The van der Waals surface area contributed by atoms with Crippen LogP contribution in [0.4, 0.5) is 18.9 Å². The lowest BCUT2D eigenvalue weighted by Gasteiger charge is -2.28. The molecule has 1 aliphatic rings. The summed E-state index contributed by atoms with van der Waals surface area (Å²) in [7, 11) is -1.51. The van der Waals surface area contributed by atoms with Gasteiger partial charge in [0.25, 0.3) is 0 Å². The Kier molecular flexibility index (Phi) is 8.06. The van der Waals surface area contributed by atoms with E-state index in [1.165, 1.54) is 0 Å². The standard InChI is InChI=1S/C18H27F3N4OS2/c1-4-24(17(27)7-10-28(26)11-8-18(19,20)21)16-12-25(23-14(16)3)15-6-5-9-22-13(15)2/h5-6,9,12-13,17,22,27H,4,7-8,10-11H2,1-3H3. The maximum absolute atomic E-state index is 12.3. The van der Waals surface area contributed by atoms with Crippen LogP contribution >= 0.6 is 12.6 Å². The lowest BCUT2D eigenvalue weighted by atomic mass is 10.2. The molecule has 2 rings (SSSR count). The lowest BCUT2D eigenvalue weighted by Crippen LogP contribution is -2.32. The Morgan fingerprint density at radius 1 is 1.43 bits per heavy atom. The second-order valence-electron chi connectivity index (χ2n) is 6.65. The van der Waals surface area contributed by atoms with E-state index in [1.807, 2.05) is 54.9 Å². The minimum Gasteiger partial charge on any atom is -0.383 e. The Labute approximate surface area is 171 Å². The molecule has 0 radical (unpaired) electrons. The molecule has 1 aromatic rings. The van der Waals surface area contributed by atoms with E-state index < -0.39 is 23.4 Å². The molecule has 0 aliphatic carbocycles. The summed E-state index contributed by atoms with van der Waals surface area (Å²) in [6.45, 7) is 6.59. The summed E-state index contributed by atoms with van der Waals surface area (Å²) in [5.74, 6) is -0.176. The molecule has 3 unspecified atom stereocenters. The quantitative estimate of drug-likeness (QED) is 0.458. The fourth-order valence-electron chi connectivity index (χ4n) is 2.98. The number of halogens is 3. The van der Waals surface area contributed by atoms with Crippen molar-refractivity contribution in [3.63, 3.8) is 0 Å². The summed E-state index contributed by atoms with van der Waals surface area (Å²) in [5, 5.41) is 7.57. The van der Waals surface area contributed by atoms with Crippen molar-refractivity contribution in [1.82, 2.24) is 15.1 Å². The van der Waals surface area contributed by atoms with E-state index in [-0.39, 0.29) is 22.9 Å².